The van der Waals surface area contributed by atoms with Crippen LogP contribution in [0.5, 0.6) is 11.5 Å². The molecule has 9 heteroatoms. The number of aliphatic hydroxyl groups is 1. The maximum absolute atomic E-state index is 14.4. The van der Waals surface area contributed by atoms with Crippen LogP contribution >= 0.6 is 0 Å². The van der Waals surface area contributed by atoms with Crippen LogP contribution in [0.3, 0.4) is 0 Å². The summed E-state index contributed by atoms with van der Waals surface area (Å²) in [5.41, 5.74) is 3.59. The summed E-state index contributed by atoms with van der Waals surface area (Å²) in [6.07, 6.45) is 0.871. The van der Waals surface area contributed by atoms with Crippen molar-refractivity contribution >= 4 is 10.9 Å². The molecule has 6 nitrogen and oxygen atoms in total. The summed E-state index contributed by atoms with van der Waals surface area (Å²) in [7, 11) is 1.55. The minimum atomic E-state index is -3.25. The van der Waals surface area contributed by atoms with Crippen LogP contribution in [-0.2, 0) is 6.42 Å². The van der Waals surface area contributed by atoms with Crippen molar-refractivity contribution in [1.82, 2.24) is 15.2 Å². The molecule has 2 aromatic carbocycles. The van der Waals surface area contributed by atoms with E-state index in [1.54, 1.807) is 24.1 Å². The van der Waals surface area contributed by atoms with Gasteiger partial charge in [-0.1, -0.05) is 18.2 Å². The summed E-state index contributed by atoms with van der Waals surface area (Å²) in [5, 5.41) is 13.5. The molecule has 0 aliphatic carbocycles. The van der Waals surface area contributed by atoms with Crippen LogP contribution in [0.25, 0.3) is 10.9 Å². The van der Waals surface area contributed by atoms with Crippen LogP contribution in [0.15, 0.2) is 42.5 Å². The number of nitrogens with one attached hydrogen (secondary N) is 2. The second-order valence-electron chi connectivity index (χ2n) is 9.28. The van der Waals surface area contributed by atoms with Crippen molar-refractivity contribution in [2.75, 3.05) is 46.6 Å². The van der Waals surface area contributed by atoms with Crippen LogP contribution in [-0.4, -0.2) is 73.6 Å². The molecule has 1 aromatic heterocycles. The van der Waals surface area contributed by atoms with Gasteiger partial charge in [-0.2, -0.15) is 0 Å². The molecule has 2 atom stereocenters. The number of aromatic amines is 1. The molecule has 0 radical (unpaired) electrons. The van der Waals surface area contributed by atoms with Crippen LogP contribution in [0.4, 0.5) is 13.2 Å². The van der Waals surface area contributed by atoms with Gasteiger partial charge in [-0.3, -0.25) is 9.29 Å². The number of ether oxygens (including phenoxy) is 2. The second kappa shape index (κ2) is 11.5. The van der Waals surface area contributed by atoms with Gasteiger partial charge in [-0.05, 0) is 56.1 Å². The van der Waals surface area contributed by atoms with E-state index in [2.05, 4.69) is 10.3 Å². The highest BCUT2D eigenvalue weighted by Crippen LogP contribution is 2.43. The fourth-order valence-electron chi connectivity index (χ4n) is 4.93. The van der Waals surface area contributed by atoms with Gasteiger partial charge in [0.25, 0.3) is 5.92 Å². The fourth-order valence-corrected chi connectivity index (χ4v) is 4.93. The maximum atomic E-state index is 14.4. The zero-order valence-electron chi connectivity index (χ0n) is 20.7. The topological polar surface area (TPSA) is 69.8 Å². The van der Waals surface area contributed by atoms with Gasteiger partial charge in [-0.25, -0.2) is 8.78 Å². The highest BCUT2D eigenvalue weighted by Gasteiger charge is 2.39. The SMILES string of the molecule is COc1ccc(O[C@H](C)CNCCCF)cc1[C@@H]1c2[nH]c3ccccc3c2CCN1CC(F)(F)CO. The lowest BCUT2D eigenvalue weighted by Crippen LogP contribution is -2.45. The van der Waals surface area contributed by atoms with Gasteiger partial charge in [0, 0.05) is 35.2 Å². The molecule has 0 saturated heterocycles. The van der Waals surface area contributed by atoms with Gasteiger partial charge in [-0.15, -0.1) is 0 Å². The van der Waals surface area contributed by atoms with E-state index in [0.29, 0.717) is 49.5 Å². The number of hydrogen-bond donors (Lipinski definition) is 3. The minimum absolute atomic E-state index is 0.185. The zero-order valence-corrected chi connectivity index (χ0v) is 20.7. The largest absolute Gasteiger partial charge is 0.496 e. The van der Waals surface area contributed by atoms with Gasteiger partial charge in [0.05, 0.1) is 26.4 Å². The van der Waals surface area contributed by atoms with Gasteiger partial charge >= 0.3 is 0 Å². The molecular formula is C27H34F3N3O3. The first-order chi connectivity index (χ1) is 17.4. The van der Waals surface area contributed by atoms with Crippen LogP contribution < -0.4 is 14.8 Å². The second-order valence-corrected chi connectivity index (χ2v) is 9.28. The Morgan fingerprint density at radius 2 is 2.06 bits per heavy atom. The van der Waals surface area contributed by atoms with Crippen molar-refractivity contribution in [3.8, 4) is 11.5 Å². The first kappa shape index (κ1) is 26.3. The van der Waals surface area contributed by atoms with Crippen LogP contribution in [0, 0.1) is 0 Å². The molecule has 3 N–H and O–H groups in total. The Morgan fingerprint density at radius 1 is 1.25 bits per heavy atom. The molecule has 0 saturated carbocycles. The number of rotatable bonds is 12. The molecule has 2 heterocycles. The van der Waals surface area contributed by atoms with Gasteiger partial charge in [0.2, 0.25) is 0 Å². The predicted octanol–water partition coefficient (Wildman–Crippen LogP) is 4.47. The smallest absolute Gasteiger partial charge is 0.283 e. The number of fused-ring (bicyclic) bond motifs is 3. The third-order valence-corrected chi connectivity index (χ3v) is 6.55. The summed E-state index contributed by atoms with van der Waals surface area (Å²) in [5.74, 6) is -2.10. The standard InChI is InChI=1S/C27H34F3N3O3/c1-18(15-31-12-5-11-28)36-19-8-9-24(35-2)22(14-19)26-25-21(20-6-3-4-7-23(20)32-25)10-13-33(26)16-27(29,30)17-34/h3-4,6-9,14,18,26,31-32,34H,5,10-13,15-17H2,1-2H3/t18-,26-/m1/s1. The molecular weight excluding hydrogens is 471 g/mol. The zero-order chi connectivity index (χ0) is 25.7. The molecule has 4 rings (SSSR count). The normalized spacial score (nSPS) is 17.2. The predicted molar refractivity (Wildman–Crippen MR) is 134 cm³/mol. The van der Waals surface area contributed by atoms with Gasteiger partial charge in [0.1, 0.15) is 24.2 Å². The van der Waals surface area contributed by atoms with Crippen molar-refractivity contribution in [3.63, 3.8) is 0 Å². The van der Waals surface area contributed by atoms with E-state index in [0.717, 1.165) is 22.2 Å². The third-order valence-electron chi connectivity index (χ3n) is 6.55. The number of alkyl halides is 3. The number of aromatic nitrogens is 1. The van der Waals surface area contributed by atoms with E-state index in [1.807, 2.05) is 37.3 Å². The van der Waals surface area contributed by atoms with E-state index in [1.165, 1.54) is 0 Å². The molecule has 3 aromatic rings. The Morgan fingerprint density at radius 3 is 2.81 bits per heavy atom. The first-order valence-corrected chi connectivity index (χ1v) is 12.3. The Hall–Kier alpha value is -2.75. The summed E-state index contributed by atoms with van der Waals surface area (Å²) in [4.78, 5) is 5.16. The number of H-pyrrole nitrogens is 1. The quantitative estimate of drug-likeness (QED) is 0.317. The summed E-state index contributed by atoms with van der Waals surface area (Å²) < 4.78 is 53.0. The van der Waals surface area contributed by atoms with E-state index in [4.69, 9.17) is 9.47 Å². The summed E-state index contributed by atoms with van der Waals surface area (Å²) >= 11 is 0. The molecule has 1 aliphatic heterocycles. The molecule has 196 valence electrons. The van der Waals surface area contributed by atoms with Crippen molar-refractivity contribution in [2.45, 2.75) is 37.8 Å². The highest BCUT2D eigenvalue weighted by molar-refractivity contribution is 5.85. The maximum Gasteiger partial charge on any atom is 0.283 e. The number of aliphatic hydroxyl groups excluding tert-OH is 1. The lowest BCUT2D eigenvalue weighted by atomic mass is 9.91. The first-order valence-electron chi connectivity index (χ1n) is 12.3. The number of methoxy groups -OCH3 is 1. The Bertz CT molecular complexity index is 1150. The molecule has 0 spiro atoms. The molecule has 0 amide bonds. The number of para-hydroxylation sites is 1. The van der Waals surface area contributed by atoms with Gasteiger partial charge < -0.3 is 24.9 Å². The Kier molecular flexibility index (Phi) is 8.43. The molecule has 36 heavy (non-hydrogen) atoms. The average Bonchev–Trinajstić information content (AvgIpc) is 3.25. The Labute approximate surface area is 209 Å². The molecule has 0 bridgehead atoms. The van der Waals surface area contributed by atoms with E-state index in [9.17, 15) is 18.3 Å². The fraction of sp³-hybridized carbons (Fsp3) is 0.481. The summed E-state index contributed by atoms with van der Waals surface area (Å²) in [6.45, 7) is 1.25. The molecule has 1 aliphatic rings. The number of nitrogens with zero attached hydrogens (tertiary/aromatic N) is 1. The van der Waals surface area contributed by atoms with E-state index in [-0.39, 0.29) is 12.8 Å². The molecule has 0 unspecified atom stereocenters. The number of benzene rings is 2. The van der Waals surface area contributed by atoms with Crippen molar-refractivity contribution in [2.24, 2.45) is 0 Å². The minimum Gasteiger partial charge on any atom is -0.496 e. The number of hydrogen-bond acceptors (Lipinski definition) is 5. The monoisotopic (exact) mass is 505 g/mol. The van der Waals surface area contributed by atoms with E-state index < -0.39 is 25.1 Å². The Balaban J connectivity index is 1.71. The van der Waals surface area contributed by atoms with Crippen molar-refractivity contribution < 1.29 is 27.8 Å². The highest BCUT2D eigenvalue weighted by atomic mass is 19.3. The third kappa shape index (κ3) is 5.79. The summed E-state index contributed by atoms with van der Waals surface area (Å²) in [6, 6.07) is 12.8. The lowest BCUT2D eigenvalue weighted by molar-refractivity contribution is -0.0789. The number of halogens is 3. The van der Waals surface area contributed by atoms with Crippen molar-refractivity contribution in [1.29, 1.82) is 0 Å². The van der Waals surface area contributed by atoms with Crippen LogP contribution in [0.1, 0.15) is 36.2 Å². The lowest BCUT2D eigenvalue weighted by Gasteiger charge is -2.38. The van der Waals surface area contributed by atoms with E-state index >= 15 is 0 Å². The molecule has 0 fully saturated rings. The van der Waals surface area contributed by atoms with Gasteiger partial charge in [0.15, 0.2) is 0 Å². The van der Waals surface area contributed by atoms with Crippen molar-refractivity contribution in [3.05, 3.63) is 59.3 Å². The van der Waals surface area contributed by atoms with Crippen LogP contribution in [0.2, 0.25) is 0 Å². The average molecular weight is 506 g/mol.